The molecule has 3 aromatic rings. The van der Waals surface area contributed by atoms with Crippen molar-refractivity contribution in [3.8, 4) is 5.75 Å². The van der Waals surface area contributed by atoms with E-state index in [9.17, 15) is 8.42 Å². The third-order valence-electron chi connectivity index (χ3n) is 5.76. The molecule has 8 nitrogen and oxygen atoms in total. The number of benzene rings is 2. The zero-order valence-electron chi connectivity index (χ0n) is 28.9. The predicted molar refractivity (Wildman–Crippen MR) is 154 cm³/mol. The lowest BCUT2D eigenvalue weighted by atomic mass is 9.87. The molecule has 204 valence electrons. The average molecular weight is 565 g/mol. The molecule has 0 aliphatic carbocycles. The summed E-state index contributed by atoms with van der Waals surface area (Å²) in [6.45, 7) is 3.02. The van der Waals surface area contributed by atoms with Crippen molar-refractivity contribution in [2.24, 2.45) is 0 Å². The molecule has 10 heteroatoms. The number of ether oxygens (including phenoxy) is 1. The number of nitrogens with one attached hydrogen (secondary N) is 3. The number of hydrogen-bond acceptors (Lipinski definition) is 8. The van der Waals surface area contributed by atoms with Crippen LogP contribution in [-0.4, -0.2) is 42.7 Å². The third-order valence-corrected chi connectivity index (χ3v) is 8.05. The van der Waals surface area contributed by atoms with E-state index >= 15 is 0 Å². The Morgan fingerprint density at radius 2 is 1.87 bits per heavy atom. The second-order valence-corrected chi connectivity index (χ2v) is 11.8. The second kappa shape index (κ2) is 11.9. The predicted octanol–water partition coefficient (Wildman–Crippen LogP) is 6.36. The van der Waals surface area contributed by atoms with E-state index in [2.05, 4.69) is 25.9 Å². The Morgan fingerprint density at radius 1 is 1.16 bits per heavy atom. The maximum absolute atomic E-state index is 13.1. The van der Waals surface area contributed by atoms with Crippen molar-refractivity contribution >= 4 is 44.6 Å². The van der Waals surface area contributed by atoms with Gasteiger partial charge in [-0.05, 0) is 102 Å². The molecule has 1 saturated heterocycles. The van der Waals surface area contributed by atoms with Crippen LogP contribution in [0.5, 0.6) is 5.75 Å². The smallest absolute Gasteiger partial charge is 0.229 e. The molecule has 0 spiro atoms. The van der Waals surface area contributed by atoms with Crippen LogP contribution in [-0.2, 0) is 9.84 Å². The van der Waals surface area contributed by atoms with Crippen LogP contribution in [0.3, 0.4) is 0 Å². The Hall–Kier alpha value is -2.88. The summed E-state index contributed by atoms with van der Waals surface area (Å²) in [7, 11) is -4.06. The van der Waals surface area contributed by atoms with Crippen molar-refractivity contribution in [1.29, 1.82) is 0 Å². The fourth-order valence-electron chi connectivity index (χ4n) is 3.88. The van der Waals surface area contributed by atoms with Crippen molar-refractivity contribution in [1.82, 2.24) is 15.3 Å². The van der Waals surface area contributed by atoms with E-state index in [4.69, 9.17) is 25.9 Å². The Labute approximate surface area is 240 Å². The highest BCUT2D eigenvalue weighted by molar-refractivity contribution is 7.92. The van der Waals surface area contributed by atoms with Gasteiger partial charge >= 0.3 is 0 Å². The van der Waals surface area contributed by atoms with Crippen LogP contribution in [0, 0.1) is 6.92 Å². The molecule has 0 unspecified atom stereocenters. The molecule has 1 aromatic heterocycles. The first-order valence-corrected chi connectivity index (χ1v) is 13.8. The molecule has 1 aliphatic heterocycles. The van der Waals surface area contributed by atoms with Crippen molar-refractivity contribution in [2.75, 3.05) is 23.6 Å². The number of rotatable bonds is 9. The zero-order chi connectivity index (χ0) is 33.8. The summed E-state index contributed by atoms with van der Waals surface area (Å²) < 4.78 is 90.4. The maximum atomic E-state index is 13.1. The van der Waals surface area contributed by atoms with Gasteiger partial charge in [-0.1, -0.05) is 23.7 Å². The minimum atomic E-state index is -4.06. The zero-order valence-corrected chi connectivity index (χ0v) is 23.4. The van der Waals surface area contributed by atoms with Gasteiger partial charge in [0, 0.05) is 8.22 Å². The molecule has 2 heterocycles. The van der Waals surface area contributed by atoms with Gasteiger partial charge in [-0.15, -0.1) is 0 Å². The SMILES string of the molecule is [2H]C1([2H])CC([2H])(c2cc(OC([2H])(C)C)c(Nc3ncc(Cl)c(Nc4ccccc4S(=O)(=O)C([2H])(C)C)n3)cc2C)CC([2H])([2H])N1. The van der Waals surface area contributed by atoms with Gasteiger partial charge in [0.15, 0.2) is 15.7 Å². The molecule has 3 N–H and O–H groups in total. The quantitative estimate of drug-likeness (QED) is 0.275. The first-order chi connectivity index (χ1) is 20.4. The molecule has 38 heavy (non-hydrogen) atoms. The Bertz CT molecular complexity index is 1700. The van der Waals surface area contributed by atoms with Crippen LogP contribution < -0.4 is 20.7 Å². The van der Waals surface area contributed by atoms with Gasteiger partial charge in [0.05, 0.1) is 35.1 Å². The maximum Gasteiger partial charge on any atom is 0.229 e. The molecule has 1 fully saturated rings. The van der Waals surface area contributed by atoms with Crippen LogP contribution >= 0.6 is 11.6 Å². The topological polar surface area (TPSA) is 105 Å². The van der Waals surface area contributed by atoms with Crippen molar-refractivity contribution < 1.29 is 22.7 Å². The van der Waals surface area contributed by atoms with Gasteiger partial charge in [0.1, 0.15) is 10.8 Å². The Balaban J connectivity index is 1.74. The summed E-state index contributed by atoms with van der Waals surface area (Å²) in [4.78, 5) is 8.55. The molecule has 1 aliphatic rings. The van der Waals surface area contributed by atoms with Crippen LogP contribution in [0.2, 0.25) is 5.02 Å². The molecule has 0 radical (unpaired) electrons. The van der Waals surface area contributed by atoms with Crippen LogP contribution in [0.1, 0.15) is 67.2 Å². The molecule has 4 rings (SSSR count). The molecule has 0 saturated carbocycles. The number of sulfone groups is 1. The number of para-hydroxylation sites is 1. The minimum absolute atomic E-state index is 0.0259. The number of aromatic nitrogens is 2. The normalized spacial score (nSPS) is 21.4. The lowest BCUT2D eigenvalue weighted by Crippen LogP contribution is -2.27. The van der Waals surface area contributed by atoms with Crippen molar-refractivity contribution in [3.05, 3.63) is 58.7 Å². The lowest BCUT2D eigenvalue weighted by molar-refractivity contribution is 0.243. The van der Waals surface area contributed by atoms with Crippen LogP contribution in [0.25, 0.3) is 0 Å². The number of aryl methyl sites for hydroxylation is 1. The van der Waals surface area contributed by atoms with Gasteiger partial charge in [-0.3, -0.25) is 0 Å². The molecular weight excluding hydrogens is 522 g/mol. The number of hydrogen-bond donors (Lipinski definition) is 3. The largest absolute Gasteiger partial charge is 0.489 e. The second-order valence-electron chi connectivity index (χ2n) is 9.16. The van der Waals surface area contributed by atoms with E-state index in [-0.39, 0.29) is 46.0 Å². The van der Waals surface area contributed by atoms with E-state index in [1.807, 2.05) is 0 Å². The van der Waals surface area contributed by atoms with Crippen molar-refractivity contribution in [3.63, 3.8) is 0 Å². The first-order valence-electron chi connectivity index (χ1n) is 15.5. The third kappa shape index (κ3) is 6.39. The van der Waals surface area contributed by atoms with Crippen LogP contribution in [0.15, 0.2) is 47.5 Å². The standard InChI is InChI=1S/C28H36ClN5O3S/c1-17(2)37-25-15-21(20-10-12-30-13-11-20)19(5)14-24(25)33-28-31-16-22(29)27(34-28)32-23-8-6-7-9-26(23)38(35,36)18(3)4/h6-9,14-18,20,30H,10-13H2,1-5H3,(H2,31,32,33,34)/i12D2,13D2,17D,18D,20D. The first kappa shape index (κ1) is 20.1. The molecule has 0 amide bonds. The Kier molecular flexibility index (Phi) is 6.28. The van der Waals surface area contributed by atoms with Gasteiger partial charge in [-0.25, -0.2) is 13.4 Å². The minimum Gasteiger partial charge on any atom is -0.489 e. The van der Waals surface area contributed by atoms with Gasteiger partial charge in [-0.2, -0.15) is 4.98 Å². The highest BCUT2D eigenvalue weighted by Gasteiger charge is 2.24. The molecular formula is C28H36ClN5O3S. The highest BCUT2D eigenvalue weighted by atomic mass is 35.5. The average Bonchev–Trinajstić information content (AvgIpc) is 2.84. The number of piperidine rings is 1. The van der Waals surface area contributed by atoms with Crippen molar-refractivity contribution in [2.45, 2.75) is 69.6 Å². The van der Waals surface area contributed by atoms with E-state index in [0.717, 1.165) is 0 Å². The number of halogens is 1. The number of anilines is 4. The summed E-state index contributed by atoms with van der Waals surface area (Å²) in [6.07, 6.45) is -0.760. The summed E-state index contributed by atoms with van der Waals surface area (Å²) in [5.41, 5.74) is 1.36. The summed E-state index contributed by atoms with van der Waals surface area (Å²) in [5.74, 6) is -1.43. The summed E-state index contributed by atoms with van der Waals surface area (Å²) >= 11 is 6.38. The fourth-order valence-corrected chi connectivity index (χ4v) is 5.12. The van der Waals surface area contributed by atoms with Crippen LogP contribution in [0.4, 0.5) is 23.1 Å². The van der Waals surface area contributed by atoms with Gasteiger partial charge in [0.25, 0.3) is 0 Å². The van der Waals surface area contributed by atoms with Gasteiger partial charge < -0.3 is 20.7 Å². The Morgan fingerprint density at radius 3 is 2.55 bits per heavy atom. The molecule has 0 bridgehead atoms. The van der Waals surface area contributed by atoms with E-state index in [1.54, 1.807) is 25.1 Å². The van der Waals surface area contributed by atoms with E-state index in [0.29, 0.717) is 16.8 Å². The lowest BCUT2D eigenvalue weighted by Gasteiger charge is -2.26. The highest BCUT2D eigenvalue weighted by Crippen LogP contribution is 2.37. The van der Waals surface area contributed by atoms with E-state index < -0.39 is 40.0 Å². The van der Waals surface area contributed by atoms with E-state index in [1.165, 1.54) is 52.1 Å². The molecule has 0 atom stereocenters. The fraction of sp³-hybridized carbons (Fsp3) is 0.429. The summed E-state index contributed by atoms with van der Waals surface area (Å²) in [6, 6.07) is 9.22. The monoisotopic (exact) mass is 564 g/mol. The van der Waals surface area contributed by atoms with Gasteiger partial charge in [0.2, 0.25) is 5.95 Å². The summed E-state index contributed by atoms with van der Waals surface area (Å²) in [5, 5.41) is 6.56. The molecule has 2 aromatic carbocycles. The number of nitrogens with zero attached hydrogens (tertiary/aromatic N) is 2.